The van der Waals surface area contributed by atoms with Crippen LogP contribution in [-0.2, 0) is 11.8 Å². The highest BCUT2D eigenvalue weighted by molar-refractivity contribution is 5.44. The molecule has 4 heteroatoms. The summed E-state index contributed by atoms with van der Waals surface area (Å²) >= 11 is 0. The third-order valence-electron chi connectivity index (χ3n) is 2.71. The highest BCUT2D eigenvalue weighted by atomic mass is 16.5. The Kier molecular flexibility index (Phi) is 5.32. The van der Waals surface area contributed by atoms with Gasteiger partial charge in [-0.2, -0.15) is 5.10 Å². The molecular formula is C12H23N3O. The summed E-state index contributed by atoms with van der Waals surface area (Å²) in [5.41, 5.74) is 1.31. The number of rotatable bonds is 7. The average molecular weight is 225 g/mol. The van der Waals surface area contributed by atoms with Crippen molar-refractivity contribution in [3.8, 4) is 0 Å². The van der Waals surface area contributed by atoms with Crippen LogP contribution >= 0.6 is 0 Å². The molecule has 0 aromatic carbocycles. The van der Waals surface area contributed by atoms with Crippen LogP contribution in [0.4, 0.5) is 5.82 Å². The topological polar surface area (TPSA) is 39.1 Å². The molecule has 1 aromatic heterocycles. The van der Waals surface area contributed by atoms with E-state index in [0.717, 1.165) is 12.4 Å². The number of anilines is 1. The van der Waals surface area contributed by atoms with Crippen LogP contribution in [0.2, 0.25) is 0 Å². The third-order valence-corrected chi connectivity index (χ3v) is 2.71. The number of aryl methyl sites for hydroxylation is 1. The molecule has 1 aromatic rings. The fourth-order valence-corrected chi connectivity index (χ4v) is 1.86. The highest BCUT2D eigenvalue weighted by Crippen LogP contribution is 2.26. The summed E-state index contributed by atoms with van der Waals surface area (Å²) in [6, 6.07) is 0. The van der Waals surface area contributed by atoms with Gasteiger partial charge in [-0.3, -0.25) is 4.68 Å². The van der Waals surface area contributed by atoms with E-state index in [-0.39, 0.29) is 0 Å². The first kappa shape index (κ1) is 13.0. The quantitative estimate of drug-likeness (QED) is 0.724. The number of aromatic nitrogens is 2. The molecule has 0 aliphatic heterocycles. The monoisotopic (exact) mass is 225 g/mol. The van der Waals surface area contributed by atoms with E-state index in [1.54, 1.807) is 7.11 Å². The number of nitrogens with one attached hydrogen (secondary N) is 1. The summed E-state index contributed by atoms with van der Waals surface area (Å²) in [4.78, 5) is 0. The van der Waals surface area contributed by atoms with Crippen molar-refractivity contribution in [3.05, 3.63) is 11.8 Å². The number of methoxy groups -OCH3 is 1. The van der Waals surface area contributed by atoms with E-state index < -0.39 is 0 Å². The predicted molar refractivity (Wildman–Crippen MR) is 66.9 cm³/mol. The van der Waals surface area contributed by atoms with Crippen LogP contribution in [0.25, 0.3) is 0 Å². The van der Waals surface area contributed by atoms with E-state index in [0.29, 0.717) is 12.5 Å². The standard InChI is InChI=1S/C12H23N3O/c1-5-6-10(2)11-9-15(3)14-12(11)13-7-8-16-4/h9-10H,5-8H2,1-4H3,(H,13,14). The number of hydrogen-bond donors (Lipinski definition) is 1. The molecule has 16 heavy (non-hydrogen) atoms. The Morgan fingerprint density at radius 1 is 1.56 bits per heavy atom. The van der Waals surface area contributed by atoms with Crippen LogP contribution in [0.3, 0.4) is 0 Å². The zero-order valence-corrected chi connectivity index (χ0v) is 10.8. The maximum absolute atomic E-state index is 5.02. The van der Waals surface area contributed by atoms with Gasteiger partial charge in [-0.05, 0) is 12.3 Å². The number of hydrogen-bond acceptors (Lipinski definition) is 3. The van der Waals surface area contributed by atoms with Gasteiger partial charge < -0.3 is 10.1 Å². The molecule has 4 nitrogen and oxygen atoms in total. The van der Waals surface area contributed by atoms with Crippen LogP contribution in [0.15, 0.2) is 6.20 Å². The molecule has 1 heterocycles. The summed E-state index contributed by atoms with van der Waals surface area (Å²) in [6.45, 7) is 5.98. The first-order valence-electron chi connectivity index (χ1n) is 5.95. The molecule has 1 unspecified atom stereocenters. The summed E-state index contributed by atoms with van der Waals surface area (Å²) < 4.78 is 6.89. The summed E-state index contributed by atoms with van der Waals surface area (Å²) in [6.07, 6.45) is 4.51. The lowest BCUT2D eigenvalue weighted by Crippen LogP contribution is -2.10. The van der Waals surface area contributed by atoms with Crippen molar-refractivity contribution in [1.82, 2.24) is 9.78 Å². The van der Waals surface area contributed by atoms with Crippen LogP contribution in [0.1, 0.15) is 38.2 Å². The molecular weight excluding hydrogens is 202 g/mol. The lowest BCUT2D eigenvalue weighted by molar-refractivity contribution is 0.210. The van der Waals surface area contributed by atoms with Crippen molar-refractivity contribution in [1.29, 1.82) is 0 Å². The minimum atomic E-state index is 0.559. The smallest absolute Gasteiger partial charge is 0.151 e. The van der Waals surface area contributed by atoms with E-state index in [4.69, 9.17) is 4.74 Å². The van der Waals surface area contributed by atoms with E-state index >= 15 is 0 Å². The molecule has 0 aliphatic rings. The highest BCUT2D eigenvalue weighted by Gasteiger charge is 2.13. The van der Waals surface area contributed by atoms with Gasteiger partial charge in [-0.25, -0.2) is 0 Å². The molecule has 0 saturated heterocycles. The van der Waals surface area contributed by atoms with Crippen LogP contribution in [0.5, 0.6) is 0 Å². The van der Waals surface area contributed by atoms with Crippen LogP contribution in [-0.4, -0.2) is 30.0 Å². The second kappa shape index (κ2) is 6.53. The van der Waals surface area contributed by atoms with Gasteiger partial charge in [0.1, 0.15) is 0 Å². The maximum atomic E-state index is 5.02. The SMILES string of the molecule is CCCC(C)c1cn(C)nc1NCCOC. The molecule has 0 spiro atoms. The fraction of sp³-hybridized carbons (Fsp3) is 0.750. The van der Waals surface area contributed by atoms with E-state index in [9.17, 15) is 0 Å². The summed E-state index contributed by atoms with van der Waals surface area (Å²) in [7, 11) is 3.67. The molecule has 0 radical (unpaired) electrons. The molecule has 0 amide bonds. The van der Waals surface area contributed by atoms with Gasteiger partial charge >= 0.3 is 0 Å². The van der Waals surface area contributed by atoms with Gasteiger partial charge in [0.25, 0.3) is 0 Å². The van der Waals surface area contributed by atoms with Gasteiger partial charge in [-0.1, -0.05) is 20.3 Å². The molecule has 1 atom stereocenters. The average Bonchev–Trinajstić information content (AvgIpc) is 2.61. The maximum Gasteiger partial charge on any atom is 0.151 e. The second-order valence-corrected chi connectivity index (χ2v) is 4.22. The van der Waals surface area contributed by atoms with Crippen molar-refractivity contribution >= 4 is 5.82 Å². The van der Waals surface area contributed by atoms with E-state index in [1.807, 2.05) is 11.7 Å². The lowest BCUT2D eigenvalue weighted by atomic mass is 9.99. The van der Waals surface area contributed by atoms with Gasteiger partial charge in [0.2, 0.25) is 0 Å². The van der Waals surface area contributed by atoms with Crippen LogP contribution in [0, 0.1) is 0 Å². The summed E-state index contributed by atoms with van der Waals surface area (Å²) in [5, 5.41) is 7.75. The lowest BCUT2D eigenvalue weighted by Gasteiger charge is -2.11. The van der Waals surface area contributed by atoms with Crippen molar-refractivity contribution in [2.45, 2.75) is 32.6 Å². The Bertz CT molecular complexity index is 309. The van der Waals surface area contributed by atoms with Crippen LogP contribution < -0.4 is 5.32 Å². The first-order chi connectivity index (χ1) is 7.69. The largest absolute Gasteiger partial charge is 0.383 e. The minimum Gasteiger partial charge on any atom is -0.383 e. The van der Waals surface area contributed by atoms with Crippen molar-refractivity contribution in [3.63, 3.8) is 0 Å². The zero-order valence-electron chi connectivity index (χ0n) is 10.8. The predicted octanol–water partition coefficient (Wildman–Crippen LogP) is 2.38. The number of ether oxygens (including phenoxy) is 1. The second-order valence-electron chi connectivity index (χ2n) is 4.22. The Balaban J connectivity index is 2.66. The fourth-order valence-electron chi connectivity index (χ4n) is 1.86. The van der Waals surface area contributed by atoms with Crippen molar-refractivity contribution < 1.29 is 4.74 Å². The Morgan fingerprint density at radius 3 is 2.94 bits per heavy atom. The molecule has 1 N–H and O–H groups in total. The van der Waals surface area contributed by atoms with Crippen molar-refractivity contribution in [2.75, 3.05) is 25.6 Å². The van der Waals surface area contributed by atoms with Gasteiger partial charge in [0, 0.05) is 32.5 Å². The molecule has 1 rings (SSSR count). The van der Waals surface area contributed by atoms with E-state index in [1.165, 1.54) is 18.4 Å². The third kappa shape index (κ3) is 3.52. The Hall–Kier alpha value is -1.03. The molecule has 0 fully saturated rings. The summed E-state index contributed by atoms with van der Waals surface area (Å²) in [5.74, 6) is 1.56. The number of nitrogens with zero attached hydrogens (tertiary/aromatic N) is 2. The normalized spacial score (nSPS) is 12.8. The van der Waals surface area contributed by atoms with Gasteiger partial charge in [0.15, 0.2) is 5.82 Å². The minimum absolute atomic E-state index is 0.559. The van der Waals surface area contributed by atoms with Gasteiger partial charge in [-0.15, -0.1) is 0 Å². The Morgan fingerprint density at radius 2 is 2.31 bits per heavy atom. The molecule has 0 aliphatic carbocycles. The molecule has 0 bridgehead atoms. The Labute approximate surface area is 98.0 Å². The van der Waals surface area contributed by atoms with Gasteiger partial charge in [0.05, 0.1) is 6.61 Å². The van der Waals surface area contributed by atoms with E-state index in [2.05, 4.69) is 30.5 Å². The van der Waals surface area contributed by atoms with Crippen molar-refractivity contribution in [2.24, 2.45) is 7.05 Å². The molecule has 0 saturated carbocycles. The first-order valence-corrected chi connectivity index (χ1v) is 5.95. The molecule has 92 valence electrons. The zero-order chi connectivity index (χ0) is 12.0.